The smallest absolute Gasteiger partial charge is 0.410 e. The van der Waals surface area contributed by atoms with Crippen LogP contribution in [0.25, 0.3) is 0 Å². The molecular weight excluding hydrogens is 266 g/mol. The number of ether oxygens (including phenoxy) is 1. The molecule has 0 saturated carbocycles. The zero-order chi connectivity index (χ0) is 15.6. The van der Waals surface area contributed by atoms with Gasteiger partial charge in [-0.15, -0.1) is 0 Å². The van der Waals surface area contributed by atoms with E-state index in [9.17, 15) is 4.79 Å². The van der Waals surface area contributed by atoms with Gasteiger partial charge in [0.05, 0.1) is 0 Å². The topological polar surface area (TPSA) is 55.3 Å². The van der Waals surface area contributed by atoms with Gasteiger partial charge in [-0.3, -0.25) is 0 Å². The Hall–Kier alpha value is -1.65. The molecule has 5 heteroatoms. The average Bonchev–Trinajstić information content (AvgIpc) is 2.73. The fourth-order valence-corrected chi connectivity index (χ4v) is 2.69. The summed E-state index contributed by atoms with van der Waals surface area (Å²) in [5.41, 5.74) is 1.63. The Kier molecular flexibility index (Phi) is 4.49. The third-order valence-corrected chi connectivity index (χ3v) is 3.45. The van der Waals surface area contributed by atoms with Crippen LogP contribution >= 0.6 is 0 Å². The number of aryl methyl sites for hydroxylation is 2. The number of likely N-dealkylation sites (tertiary alicyclic amines) is 1. The van der Waals surface area contributed by atoms with Crippen LogP contribution in [0.4, 0.5) is 4.79 Å². The van der Waals surface area contributed by atoms with Crippen LogP contribution in [0, 0.1) is 19.8 Å². The first kappa shape index (κ1) is 15.7. The lowest BCUT2D eigenvalue weighted by atomic mass is 10.0. The van der Waals surface area contributed by atoms with Gasteiger partial charge in [0.15, 0.2) is 0 Å². The monoisotopic (exact) mass is 291 g/mol. The molecule has 1 unspecified atom stereocenters. The molecule has 0 spiro atoms. The van der Waals surface area contributed by atoms with Crippen molar-refractivity contribution in [2.24, 2.45) is 5.92 Å². The van der Waals surface area contributed by atoms with E-state index in [0.717, 1.165) is 43.1 Å². The van der Waals surface area contributed by atoms with Crippen molar-refractivity contribution < 1.29 is 9.53 Å². The highest BCUT2D eigenvalue weighted by Gasteiger charge is 2.30. The molecule has 1 saturated heterocycles. The lowest BCUT2D eigenvalue weighted by molar-refractivity contribution is 0.0288. The molecule has 1 aromatic heterocycles. The maximum absolute atomic E-state index is 12.0. The summed E-state index contributed by atoms with van der Waals surface area (Å²) in [6.45, 7) is 11.1. The molecule has 5 nitrogen and oxygen atoms in total. The standard InChI is InChI=1S/C16H25N3O2/c1-11-8-14(18-12(2)17-11)9-13-6-7-19(10-13)15(20)21-16(3,4)5/h8,13H,6-7,9-10H2,1-5H3. The van der Waals surface area contributed by atoms with Crippen molar-refractivity contribution >= 4 is 6.09 Å². The van der Waals surface area contributed by atoms with Crippen LogP contribution in [-0.4, -0.2) is 39.7 Å². The van der Waals surface area contributed by atoms with Crippen LogP contribution < -0.4 is 0 Å². The van der Waals surface area contributed by atoms with E-state index in [0.29, 0.717) is 5.92 Å². The lowest BCUT2D eigenvalue weighted by Crippen LogP contribution is -2.35. The van der Waals surface area contributed by atoms with Gasteiger partial charge in [-0.2, -0.15) is 0 Å². The van der Waals surface area contributed by atoms with E-state index < -0.39 is 5.60 Å². The largest absolute Gasteiger partial charge is 0.444 e. The Morgan fingerprint density at radius 3 is 2.71 bits per heavy atom. The normalized spacial score (nSPS) is 18.9. The fourth-order valence-electron chi connectivity index (χ4n) is 2.69. The molecule has 1 amide bonds. The molecule has 0 aliphatic carbocycles. The first-order valence-corrected chi connectivity index (χ1v) is 7.52. The maximum atomic E-state index is 12.0. The third-order valence-electron chi connectivity index (χ3n) is 3.45. The molecule has 1 aromatic rings. The van der Waals surface area contributed by atoms with Crippen molar-refractivity contribution in [1.29, 1.82) is 0 Å². The van der Waals surface area contributed by atoms with Crippen LogP contribution in [-0.2, 0) is 11.2 Å². The predicted octanol–water partition coefficient (Wildman–Crippen LogP) is 2.89. The Bertz CT molecular complexity index is 502. The molecule has 116 valence electrons. The molecule has 1 aliphatic rings. The van der Waals surface area contributed by atoms with E-state index in [1.807, 2.05) is 40.7 Å². The van der Waals surface area contributed by atoms with Gasteiger partial charge >= 0.3 is 6.09 Å². The van der Waals surface area contributed by atoms with Gasteiger partial charge in [-0.1, -0.05) is 0 Å². The van der Waals surface area contributed by atoms with E-state index >= 15 is 0 Å². The highest BCUT2D eigenvalue weighted by molar-refractivity contribution is 5.68. The quantitative estimate of drug-likeness (QED) is 0.840. The van der Waals surface area contributed by atoms with Crippen LogP contribution in [0.1, 0.15) is 44.4 Å². The van der Waals surface area contributed by atoms with Crippen LogP contribution in [0.15, 0.2) is 6.07 Å². The minimum Gasteiger partial charge on any atom is -0.444 e. The second-order valence-corrected chi connectivity index (χ2v) is 6.83. The Labute approximate surface area is 126 Å². The number of carbonyl (C=O) groups excluding carboxylic acids is 1. The molecule has 1 atom stereocenters. The third kappa shape index (κ3) is 4.69. The van der Waals surface area contributed by atoms with Crippen LogP contribution in [0.3, 0.4) is 0 Å². The van der Waals surface area contributed by atoms with E-state index in [1.165, 1.54) is 0 Å². The number of nitrogens with zero attached hydrogens (tertiary/aromatic N) is 3. The number of carbonyl (C=O) groups is 1. The molecule has 0 bridgehead atoms. The minimum absolute atomic E-state index is 0.208. The minimum atomic E-state index is -0.434. The van der Waals surface area contributed by atoms with Crippen LogP contribution in [0.2, 0.25) is 0 Å². The summed E-state index contributed by atoms with van der Waals surface area (Å²) in [5, 5.41) is 0. The zero-order valence-corrected chi connectivity index (χ0v) is 13.6. The Morgan fingerprint density at radius 2 is 2.10 bits per heavy atom. The highest BCUT2D eigenvalue weighted by Crippen LogP contribution is 2.22. The zero-order valence-electron chi connectivity index (χ0n) is 13.6. The van der Waals surface area contributed by atoms with E-state index in [1.54, 1.807) is 4.90 Å². The summed E-state index contributed by atoms with van der Waals surface area (Å²) in [6, 6.07) is 2.03. The SMILES string of the molecule is Cc1cc(CC2CCN(C(=O)OC(C)(C)C)C2)nc(C)n1. The maximum Gasteiger partial charge on any atom is 0.410 e. The number of amides is 1. The molecule has 0 radical (unpaired) electrons. The molecule has 0 aromatic carbocycles. The van der Waals surface area contributed by atoms with Crippen molar-refractivity contribution in [3.8, 4) is 0 Å². The van der Waals surface area contributed by atoms with Gasteiger partial charge < -0.3 is 9.64 Å². The van der Waals surface area contributed by atoms with Gasteiger partial charge in [-0.25, -0.2) is 14.8 Å². The summed E-state index contributed by atoms with van der Waals surface area (Å²) in [4.78, 5) is 22.6. The molecule has 1 aliphatic heterocycles. The van der Waals surface area contributed by atoms with Gasteiger partial charge in [0.1, 0.15) is 11.4 Å². The van der Waals surface area contributed by atoms with Gasteiger partial charge in [0.25, 0.3) is 0 Å². The molecule has 21 heavy (non-hydrogen) atoms. The highest BCUT2D eigenvalue weighted by atomic mass is 16.6. The second kappa shape index (κ2) is 6.00. The van der Waals surface area contributed by atoms with Crippen LogP contribution in [0.5, 0.6) is 0 Å². The molecule has 1 fully saturated rings. The summed E-state index contributed by atoms with van der Waals surface area (Å²) < 4.78 is 5.42. The van der Waals surface area contributed by atoms with Crippen molar-refractivity contribution in [3.05, 3.63) is 23.3 Å². The summed E-state index contributed by atoms with van der Waals surface area (Å²) >= 11 is 0. The molecular formula is C16H25N3O2. The first-order chi connectivity index (χ1) is 9.73. The van der Waals surface area contributed by atoms with Crippen molar-refractivity contribution in [1.82, 2.24) is 14.9 Å². The summed E-state index contributed by atoms with van der Waals surface area (Å²) in [6.07, 6.45) is 1.69. The number of hydrogen-bond donors (Lipinski definition) is 0. The Morgan fingerprint density at radius 1 is 1.38 bits per heavy atom. The molecule has 0 N–H and O–H groups in total. The summed E-state index contributed by atoms with van der Waals surface area (Å²) in [5.74, 6) is 1.26. The molecule has 2 heterocycles. The summed E-state index contributed by atoms with van der Waals surface area (Å²) in [7, 11) is 0. The van der Waals surface area contributed by atoms with Gasteiger partial charge in [-0.05, 0) is 59.4 Å². The van der Waals surface area contributed by atoms with Crippen molar-refractivity contribution in [2.45, 2.75) is 53.1 Å². The molecule has 2 rings (SSSR count). The number of hydrogen-bond acceptors (Lipinski definition) is 4. The van der Waals surface area contributed by atoms with E-state index in [-0.39, 0.29) is 6.09 Å². The Balaban J connectivity index is 1.92. The van der Waals surface area contributed by atoms with Gasteiger partial charge in [0.2, 0.25) is 0 Å². The van der Waals surface area contributed by atoms with Gasteiger partial charge in [0, 0.05) is 24.5 Å². The predicted molar refractivity (Wildman–Crippen MR) is 81.1 cm³/mol. The van der Waals surface area contributed by atoms with E-state index in [2.05, 4.69) is 9.97 Å². The van der Waals surface area contributed by atoms with E-state index in [4.69, 9.17) is 4.74 Å². The number of rotatable bonds is 2. The van der Waals surface area contributed by atoms with Crippen molar-refractivity contribution in [2.75, 3.05) is 13.1 Å². The second-order valence-electron chi connectivity index (χ2n) is 6.83. The first-order valence-electron chi connectivity index (χ1n) is 7.52. The lowest BCUT2D eigenvalue weighted by Gasteiger charge is -2.24. The van der Waals surface area contributed by atoms with Crippen molar-refractivity contribution in [3.63, 3.8) is 0 Å². The fraction of sp³-hybridized carbons (Fsp3) is 0.688. The average molecular weight is 291 g/mol. The number of aromatic nitrogens is 2.